The quantitative estimate of drug-likeness (QED) is 0.621. The van der Waals surface area contributed by atoms with Crippen LogP contribution in [0.4, 0.5) is 4.39 Å². The highest BCUT2D eigenvalue weighted by Crippen LogP contribution is 2.30. The first-order chi connectivity index (χ1) is 8.13. The van der Waals surface area contributed by atoms with Crippen molar-refractivity contribution >= 4 is 29.5 Å². The topological polar surface area (TPSA) is 42.9 Å². The van der Waals surface area contributed by atoms with Crippen molar-refractivity contribution in [2.75, 3.05) is 0 Å². The lowest BCUT2D eigenvalue weighted by atomic mass is 10.1. The van der Waals surface area contributed by atoms with E-state index in [0.29, 0.717) is 11.8 Å². The molecule has 0 N–H and O–H groups in total. The summed E-state index contributed by atoms with van der Waals surface area (Å²) in [6.07, 6.45) is 1.70. The van der Waals surface area contributed by atoms with Gasteiger partial charge in [0, 0.05) is 5.56 Å². The molecule has 3 nitrogen and oxygen atoms in total. The van der Waals surface area contributed by atoms with Crippen molar-refractivity contribution in [2.24, 2.45) is 0 Å². The van der Waals surface area contributed by atoms with Crippen molar-refractivity contribution in [3.8, 4) is 11.3 Å². The van der Waals surface area contributed by atoms with Crippen LogP contribution in [-0.4, -0.2) is 16.3 Å². The molecule has 2 rings (SSSR count). The molecule has 17 heavy (non-hydrogen) atoms. The third kappa shape index (κ3) is 2.28. The largest absolute Gasteiger partial charge is 0.298 e. The van der Waals surface area contributed by atoms with Crippen molar-refractivity contribution in [1.82, 2.24) is 9.97 Å². The molecule has 0 aliphatic carbocycles. The number of nitrogens with zero attached hydrogens (tertiary/aromatic N) is 2. The molecule has 0 fully saturated rings. The molecule has 0 spiro atoms. The van der Waals surface area contributed by atoms with Gasteiger partial charge >= 0.3 is 0 Å². The van der Waals surface area contributed by atoms with Crippen LogP contribution in [0.15, 0.2) is 24.5 Å². The van der Waals surface area contributed by atoms with E-state index in [1.165, 1.54) is 24.5 Å². The molecule has 0 atom stereocenters. The van der Waals surface area contributed by atoms with Gasteiger partial charge in [-0.05, 0) is 18.2 Å². The van der Waals surface area contributed by atoms with Crippen LogP contribution < -0.4 is 0 Å². The first-order valence-corrected chi connectivity index (χ1v) is 5.30. The molecule has 0 aliphatic rings. The zero-order chi connectivity index (χ0) is 12.4. The lowest BCUT2D eigenvalue weighted by molar-refractivity contribution is 0.112. The van der Waals surface area contributed by atoms with Gasteiger partial charge in [-0.15, -0.1) is 0 Å². The van der Waals surface area contributed by atoms with E-state index < -0.39 is 5.82 Å². The number of aromatic nitrogens is 2. The van der Waals surface area contributed by atoms with Gasteiger partial charge in [-0.3, -0.25) is 4.79 Å². The van der Waals surface area contributed by atoms with Gasteiger partial charge in [0.2, 0.25) is 0 Å². The molecule has 1 heterocycles. The third-order valence-electron chi connectivity index (χ3n) is 2.14. The Morgan fingerprint density at radius 3 is 2.71 bits per heavy atom. The van der Waals surface area contributed by atoms with Gasteiger partial charge in [0.25, 0.3) is 0 Å². The normalized spacial score (nSPS) is 10.3. The summed E-state index contributed by atoms with van der Waals surface area (Å²) in [6.45, 7) is 0. The van der Waals surface area contributed by atoms with Gasteiger partial charge in [0.1, 0.15) is 17.3 Å². The van der Waals surface area contributed by atoms with E-state index in [1.807, 2.05) is 0 Å². The summed E-state index contributed by atoms with van der Waals surface area (Å²) in [5, 5.41) is 0.287. The van der Waals surface area contributed by atoms with Crippen LogP contribution in [0, 0.1) is 5.82 Å². The molecule has 2 aromatic rings. The highest BCUT2D eigenvalue weighted by Gasteiger charge is 2.14. The Balaban J connectivity index is 2.72. The summed E-state index contributed by atoms with van der Waals surface area (Å²) < 4.78 is 13.1. The minimum atomic E-state index is -0.476. The lowest BCUT2D eigenvalue weighted by Crippen LogP contribution is -1.96. The maximum Gasteiger partial charge on any atom is 0.155 e. The fourth-order valence-corrected chi connectivity index (χ4v) is 1.76. The number of rotatable bonds is 2. The Hall–Kier alpha value is -1.52. The highest BCUT2D eigenvalue weighted by atomic mass is 35.5. The van der Waals surface area contributed by atoms with Gasteiger partial charge in [-0.25, -0.2) is 14.4 Å². The van der Waals surface area contributed by atoms with E-state index in [0.717, 1.165) is 0 Å². The molecule has 0 aliphatic heterocycles. The van der Waals surface area contributed by atoms with Crippen LogP contribution in [0.1, 0.15) is 10.4 Å². The molecule has 6 heteroatoms. The Labute approximate surface area is 106 Å². The molecule has 0 amide bonds. The summed E-state index contributed by atoms with van der Waals surface area (Å²) in [7, 11) is 0. The second-order valence-electron chi connectivity index (χ2n) is 3.17. The van der Waals surface area contributed by atoms with Crippen molar-refractivity contribution in [3.63, 3.8) is 0 Å². The zero-order valence-corrected chi connectivity index (χ0v) is 9.84. The fourth-order valence-electron chi connectivity index (χ4n) is 1.37. The van der Waals surface area contributed by atoms with Crippen molar-refractivity contribution in [3.05, 3.63) is 46.1 Å². The Morgan fingerprint density at radius 2 is 2.00 bits per heavy atom. The van der Waals surface area contributed by atoms with Gasteiger partial charge in [-0.1, -0.05) is 23.2 Å². The Kier molecular flexibility index (Phi) is 3.36. The predicted octanol–water partition coefficient (Wildman–Crippen LogP) is 3.40. The molecule has 1 aromatic carbocycles. The molecular formula is C11H5Cl2FN2O. The highest BCUT2D eigenvalue weighted by molar-refractivity contribution is 6.34. The minimum Gasteiger partial charge on any atom is -0.298 e. The lowest BCUT2D eigenvalue weighted by Gasteiger charge is -2.06. The monoisotopic (exact) mass is 270 g/mol. The Bertz CT molecular complexity index is 590. The maximum atomic E-state index is 13.1. The maximum absolute atomic E-state index is 13.1. The van der Waals surface area contributed by atoms with Crippen LogP contribution >= 0.6 is 23.2 Å². The predicted molar refractivity (Wildman–Crippen MR) is 62.8 cm³/mol. The summed E-state index contributed by atoms with van der Waals surface area (Å²) in [6, 6.07) is 3.79. The van der Waals surface area contributed by atoms with Crippen LogP contribution in [0.2, 0.25) is 10.2 Å². The molecule has 86 valence electrons. The van der Waals surface area contributed by atoms with Crippen LogP contribution in [-0.2, 0) is 0 Å². The number of hydrogen-bond acceptors (Lipinski definition) is 3. The Morgan fingerprint density at radius 1 is 1.24 bits per heavy atom. The van der Waals surface area contributed by atoms with Gasteiger partial charge < -0.3 is 0 Å². The number of halogens is 3. The van der Waals surface area contributed by atoms with Crippen molar-refractivity contribution in [2.45, 2.75) is 0 Å². The first-order valence-electron chi connectivity index (χ1n) is 4.54. The molecule has 0 bridgehead atoms. The minimum absolute atomic E-state index is 0.00493. The van der Waals surface area contributed by atoms with Crippen molar-refractivity contribution in [1.29, 1.82) is 0 Å². The molecule has 0 unspecified atom stereocenters. The number of carbonyl (C=O) groups excluding carboxylic acids is 1. The summed E-state index contributed by atoms with van der Waals surface area (Å²) in [5.74, 6) is -0.476. The average Bonchev–Trinajstić information content (AvgIpc) is 2.32. The molecular weight excluding hydrogens is 266 g/mol. The second-order valence-corrected chi connectivity index (χ2v) is 3.93. The zero-order valence-electron chi connectivity index (χ0n) is 8.32. The van der Waals surface area contributed by atoms with Gasteiger partial charge in [0.05, 0.1) is 16.3 Å². The average molecular weight is 271 g/mol. The van der Waals surface area contributed by atoms with E-state index in [1.54, 1.807) is 0 Å². The molecule has 0 saturated carbocycles. The van der Waals surface area contributed by atoms with Gasteiger partial charge in [-0.2, -0.15) is 0 Å². The molecule has 0 radical (unpaired) electrons. The summed E-state index contributed by atoms with van der Waals surface area (Å²) in [5.41, 5.74) is 0.601. The second kappa shape index (κ2) is 4.77. The smallest absolute Gasteiger partial charge is 0.155 e. The summed E-state index contributed by atoms with van der Waals surface area (Å²) in [4.78, 5) is 18.5. The van der Waals surface area contributed by atoms with E-state index in [4.69, 9.17) is 23.2 Å². The molecule has 0 saturated heterocycles. The number of benzene rings is 1. The van der Waals surface area contributed by atoms with Crippen LogP contribution in [0.5, 0.6) is 0 Å². The van der Waals surface area contributed by atoms with E-state index in [-0.39, 0.29) is 21.4 Å². The number of hydrogen-bond donors (Lipinski definition) is 0. The van der Waals surface area contributed by atoms with E-state index >= 15 is 0 Å². The van der Waals surface area contributed by atoms with Crippen LogP contribution in [0.25, 0.3) is 11.3 Å². The first kappa shape index (κ1) is 12.0. The van der Waals surface area contributed by atoms with Crippen LogP contribution in [0.3, 0.4) is 0 Å². The fraction of sp³-hybridized carbons (Fsp3) is 0. The van der Waals surface area contributed by atoms with E-state index in [9.17, 15) is 9.18 Å². The third-order valence-corrected chi connectivity index (χ3v) is 2.77. The SMILES string of the molecule is O=Cc1c(Cl)ncnc1-c1cc(F)ccc1Cl. The number of carbonyl (C=O) groups is 1. The van der Waals surface area contributed by atoms with Crippen molar-refractivity contribution < 1.29 is 9.18 Å². The number of aldehydes is 1. The molecule has 1 aromatic heterocycles. The standard InChI is InChI=1S/C11H5Cl2FN2O/c12-9-2-1-6(14)3-7(9)10-8(4-17)11(13)16-5-15-10/h1-5H. The van der Waals surface area contributed by atoms with E-state index in [2.05, 4.69) is 9.97 Å². The van der Waals surface area contributed by atoms with Gasteiger partial charge in [0.15, 0.2) is 6.29 Å². The summed E-state index contributed by atoms with van der Waals surface area (Å²) >= 11 is 11.7.